The van der Waals surface area contributed by atoms with Gasteiger partial charge in [0, 0.05) is 18.5 Å². The largest absolute Gasteiger partial charge is 0.293 e. The second-order valence-corrected chi connectivity index (χ2v) is 8.41. The van der Waals surface area contributed by atoms with Crippen LogP contribution in [-0.4, -0.2) is 33.5 Å². The van der Waals surface area contributed by atoms with Gasteiger partial charge >= 0.3 is 0 Å². The standard InChI is InChI=1S/C23H20FN3O3S2/c24-18-13-11-17(12-14-18)21(29)26-25-20(28)10-5-15-27-22(30)19(32-23(27)31)9-4-8-16-6-2-1-3-7-16/h1-4,6-9,11-14H,5,10,15H2,(H,25,28)(H,26,29)/b8-4+,19-9-. The summed E-state index contributed by atoms with van der Waals surface area (Å²) in [7, 11) is 0. The lowest BCUT2D eigenvalue weighted by atomic mass is 10.2. The summed E-state index contributed by atoms with van der Waals surface area (Å²) >= 11 is 6.51. The molecular weight excluding hydrogens is 449 g/mol. The minimum atomic E-state index is -0.552. The Hall–Kier alpha value is -3.30. The van der Waals surface area contributed by atoms with E-state index in [2.05, 4.69) is 10.9 Å². The number of thiocarbonyl (C=S) groups is 1. The van der Waals surface area contributed by atoms with Crippen LogP contribution in [0, 0.1) is 5.82 Å². The van der Waals surface area contributed by atoms with Gasteiger partial charge in [-0.2, -0.15) is 0 Å². The molecule has 0 radical (unpaired) electrons. The van der Waals surface area contributed by atoms with Gasteiger partial charge in [-0.15, -0.1) is 0 Å². The molecule has 2 N–H and O–H groups in total. The number of allylic oxidation sites excluding steroid dienone is 2. The predicted octanol–water partition coefficient (Wildman–Crippen LogP) is 3.82. The summed E-state index contributed by atoms with van der Waals surface area (Å²) < 4.78 is 13.3. The minimum Gasteiger partial charge on any atom is -0.293 e. The highest BCUT2D eigenvalue weighted by Gasteiger charge is 2.31. The molecule has 1 saturated heterocycles. The molecule has 32 heavy (non-hydrogen) atoms. The molecule has 0 saturated carbocycles. The maximum Gasteiger partial charge on any atom is 0.269 e. The summed E-state index contributed by atoms with van der Waals surface area (Å²) in [5.41, 5.74) is 5.82. The Kier molecular flexibility index (Phi) is 8.29. The smallest absolute Gasteiger partial charge is 0.269 e. The molecule has 0 aliphatic carbocycles. The van der Waals surface area contributed by atoms with Crippen LogP contribution in [0.2, 0.25) is 0 Å². The first kappa shape index (κ1) is 23.4. The number of hydrazine groups is 1. The molecule has 3 amide bonds. The van der Waals surface area contributed by atoms with Crippen molar-refractivity contribution in [3.05, 3.63) is 88.6 Å². The van der Waals surface area contributed by atoms with Crippen molar-refractivity contribution in [2.45, 2.75) is 12.8 Å². The van der Waals surface area contributed by atoms with Gasteiger partial charge in [0.25, 0.3) is 11.8 Å². The van der Waals surface area contributed by atoms with Crippen LogP contribution in [0.5, 0.6) is 0 Å². The van der Waals surface area contributed by atoms with Crippen LogP contribution < -0.4 is 10.9 Å². The Bertz CT molecular complexity index is 1070. The Morgan fingerprint density at radius 3 is 2.50 bits per heavy atom. The van der Waals surface area contributed by atoms with Crippen LogP contribution in [0.4, 0.5) is 4.39 Å². The first-order valence-corrected chi connectivity index (χ1v) is 11.0. The monoisotopic (exact) mass is 469 g/mol. The fourth-order valence-electron chi connectivity index (χ4n) is 2.78. The van der Waals surface area contributed by atoms with Gasteiger partial charge in [0.1, 0.15) is 10.1 Å². The second-order valence-electron chi connectivity index (χ2n) is 6.74. The maximum atomic E-state index is 12.9. The second kappa shape index (κ2) is 11.4. The zero-order valence-electron chi connectivity index (χ0n) is 16.9. The van der Waals surface area contributed by atoms with Gasteiger partial charge in [0.15, 0.2) is 0 Å². The molecule has 2 aromatic carbocycles. The maximum absolute atomic E-state index is 12.9. The molecule has 0 atom stereocenters. The van der Waals surface area contributed by atoms with E-state index in [4.69, 9.17) is 12.2 Å². The van der Waals surface area contributed by atoms with Gasteiger partial charge in [-0.25, -0.2) is 4.39 Å². The lowest BCUT2D eigenvalue weighted by molar-refractivity contribution is -0.124. The van der Waals surface area contributed by atoms with Crippen LogP contribution in [0.1, 0.15) is 28.8 Å². The minimum absolute atomic E-state index is 0.0910. The Morgan fingerprint density at radius 2 is 1.78 bits per heavy atom. The molecule has 0 spiro atoms. The van der Waals surface area contributed by atoms with E-state index in [-0.39, 0.29) is 17.9 Å². The third-order valence-corrected chi connectivity index (χ3v) is 5.81. The van der Waals surface area contributed by atoms with E-state index in [1.54, 1.807) is 12.2 Å². The lowest BCUT2D eigenvalue weighted by Crippen LogP contribution is -2.41. The molecule has 0 aromatic heterocycles. The van der Waals surface area contributed by atoms with Crippen molar-refractivity contribution in [2.75, 3.05) is 6.54 Å². The van der Waals surface area contributed by atoms with Crippen molar-refractivity contribution < 1.29 is 18.8 Å². The summed E-state index contributed by atoms with van der Waals surface area (Å²) in [6.45, 7) is 0.295. The molecule has 6 nitrogen and oxygen atoms in total. The molecule has 1 aliphatic rings. The van der Waals surface area contributed by atoms with Crippen LogP contribution >= 0.6 is 24.0 Å². The number of nitrogens with zero attached hydrogens (tertiary/aromatic N) is 1. The van der Waals surface area contributed by atoms with Crippen molar-refractivity contribution >= 4 is 52.1 Å². The molecular formula is C23H20FN3O3S2. The highest BCUT2D eigenvalue weighted by molar-refractivity contribution is 8.26. The van der Waals surface area contributed by atoms with E-state index in [1.807, 2.05) is 36.4 Å². The number of rotatable bonds is 7. The van der Waals surface area contributed by atoms with Crippen molar-refractivity contribution in [3.8, 4) is 0 Å². The average Bonchev–Trinajstić information content (AvgIpc) is 3.06. The number of amides is 3. The summed E-state index contributed by atoms with van der Waals surface area (Å²) in [5.74, 6) is -1.61. The highest BCUT2D eigenvalue weighted by atomic mass is 32.2. The number of halogens is 1. The summed E-state index contributed by atoms with van der Waals surface area (Å²) in [4.78, 5) is 38.4. The van der Waals surface area contributed by atoms with Crippen LogP contribution in [0.25, 0.3) is 6.08 Å². The zero-order chi connectivity index (χ0) is 22.9. The molecule has 0 bridgehead atoms. The van der Waals surface area contributed by atoms with Crippen LogP contribution in [0.3, 0.4) is 0 Å². The third kappa shape index (κ3) is 6.60. The Balaban J connectivity index is 1.42. The number of hydrogen-bond acceptors (Lipinski definition) is 5. The molecule has 164 valence electrons. The van der Waals surface area contributed by atoms with E-state index < -0.39 is 17.6 Å². The summed E-state index contributed by atoms with van der Waals surface area (Å²) in [6.07, 6.45) is 5.89. The van der Waals surface area contributed by atoms with Gasteiger partial charge in [0.05, 0.1) is 4.91 Å². The molecule has 1 aliphatic heterocycles. The number of nitrogens with one attached hydrogen (secondary N) is 2. The van der Waals surface area contributed by atoms with Gasteiger partial charge in [-0.3, -0.25) is 30.1 Å². The number of carbonyl (C=O) groups excluding carboxylic acids is 3. The zero-order valence-corrected chi connectivity index (χ0v) is 18.5. The number of carbonyl (C=O) groups is 3. The molecule has 1 heterocycles. The van der Waals surface area contributed by atoms with Crippen molar-refractivity contribution in [2.24, 2.45) is 0 Å². The van der Waals surface area contributed by atoms with E-state index in [0.717, 1.165) is 17.7 Å². The fraction of sp³-hybridized carbons (Fsp3) is 0.130. The van der Waals surface area contributed by atoms with Crippen LogP contribution in [-0.2, 0) is 9.59 Å². The Morgan fingerprint density at radius 1 is 1.06 bits per heavy atom. The quantitative estimate of drug-likeness (QED) is 0.366. The van der Waals surface area contributed by atoms with Gasteiger partial charge in [0.2, 0.25) is 5.91 Å². The van der Waals surface area contributed by atoms with Crippen LogP contribution in [0.15, 0.2) is 71.7 Å². The van der Waals surface area contributed by atoms with Crippen molar-refractivity contribution in [1.29, 1.82) is 0 Å². The van der Waals surface area contributed by atoms with E-state index in [1.165, 1.54) is 28.8 Å². The van der Waals surface area contributed by atoms with Gasteiger partial charge in [-0.1, -0.05) is 66.5 Å². The molecule has 3 rings (SSSR count). The normalized spacial score (nSPS) is 14.9. The Labute approximate surface area is 194 Å². The first-order valence-electron chi connectivity index (χ1n) is 9.76. The fourth-order valence-corrected chi connectivity index (χ4v) is 4.04. The SMILES string of the molecule is O=C(CCCN1C(=O)/C(=C/C=C/c2ccccc2)SC1=S)NNC(=O)c1ccc(F)cc1. The molecule has 1 fully saturated rings. The molecule has 9 heteroatoms. The number of benzene rings is 2. The van der Waals surface area contributed by atoms with E-state index in [9.17, 15) is 18.8 Å². The average molecular weight is 470 g/mol. The number of hydrogen-bond donors (Lipinski definition) is 2. The molecule has 0 unspecified atom stereocenters. The van der Waals surface area contributed by atoms with Gasteiger partial charge in [-0.05, 0) is 42.3 Å². The predicted molar refractivity (Wildman–Crippen MR) is 127 cm³/mol. The first-order chi connectivity index (χ1) is 15.4. The van der Waals surface area contributed by atoms with E-state index in [0.29, 0.717) is 22.2 Å². The van der Waals surface area contributed by atoms with E-state index >= 15 is 0 Å². The third-order valence-electron chi connectivity index (χ3n) is 4.42. The lowest BCUT2D eigenvalue weighted by Gasteiger charge is -2.14. The molecule has 2 aromatic rings. The topological polar surface area (TPSA) is 78.5 Å². The number of thioether (sulfide) groups is 1. The highest BCUT2D eigenvalue weighted by Crippen LogP contribution is 2.31. The summed E-state index contributed by atoms with van der Waals surface area (Å²) in [6, 6.07) is 14.7. The van der Waals surface area contributed by atoms with Gasteiger partial charge < -0.3 is 0 Å². The van der Waals surface area contributed by atoms with Crippen molar-refractivity contribution in [1.82, 2.24) is 15.8 Å². The summed E-state index contributed by atoms with van der Waals surface area (Å²) in [5, 5.41) is 0. The van der Waals surface area contributed by atoms with Crippen molar-refractivity contribution in [3.63, 3.8) is 0 Å².